The highest BCUT2D eigenvalue weighted by Gasteiger charge is 2.25. The Morgan fingerprint density at radius 1 is 0.917 bits per heavy atom. The summed E-state index contributed by atoms with van der Waals surface area (Å²) in [6.45, 7) is 0.799. The van der Waals surface area contributed by atoms with Gasteiger partial charge in [-0.25, -0.2) is 4.99 Å². The Kier molecular flexibility index (Phi) is 6.22. The van der Waals surface area contributed by atoms with Crippen LogP contribution < -0.4 is 5.32 Å². The normalized spacial score (nSPS) is 13.2. The second kappa shape index (κ2) is 9.96. The highest BCUT2D eigenvalue weighted by atomic mass is 32.1. The molecule has 2 aromatic heterocycles. The van der Waals surface area contributed by atoms with Gasteiger partial charge in [0.25, 0.3) is 5.91 Å². The van der Waals surface area contributed by atoms with Gasteiger partial charge in [0.05, 0.1) is 5.56 Å². The van der Waals surface area contributed by atoms with Gasteiger partial charge in [0.1, 0.15) is 5.00 Å². The van der Waals surface area contributed by atoms with E-state index in [1.54, 1.807) is 11.3 Å². The fourth-order valence-corrected chi connectivity index (χ4v) is 6.24. The summed E-state index contributed by atoms with van der Waals surface area (Å²) in [6.07, 6.45) is 8.35. The second-order valence-corrected chi connectivity index (χ2v) is 10.3. The van der Waals surface area contributed by atoms with E-state index in [0.29, 0.717) is 0 Å². The maximum atomic E-state index is 13.4. The van der Waals surface area contributed by atoms with Crippen LogP contribution in [0.1, 0.15) is 44.8 Å². The van der Waals surface area contributed by atoms with E-state index in [-0.39, 0.29) is 5.91 Å². The van der Waals surface area contributed by atoms with Crippen LogP contribution >= 0.6 is 11.3 Å². The molecule has 0 saturated carbocycles. The molecule has 1 amide bonds. The van der Waals surface area contributed by atoms with Crippen molar-refractivity contribution in [3.8, 4) is 0 Å². The third-order valence-corrected chi connectivity index (χ3v) is 7.95. The summed E-state index contributed by atoms with van der Waals surface area (Å²) in [4.78, 5) is 19.7. The number of thiophene rings is 1. The van der Waals surface area contributed by atoms with E-state index in [0.717, 1.165) is 53.0 Å². The molecule has 0 unspecified atom stereocenters. The fraction of sp³-hybridized carbons (Fsp3) is 0.161. The Balaban J connectivity index is 1.36. The first-order valence-corrected chi connectivity index (χ1v) is 13.2. The minimum absolute atomic E-state index is 0.0701. The van der Waals surface area contributed by atoms with Gasteiger partial charge >= 0.3 is 0 Å². The Morgan fingerprint density at radius 2 is 1.64 bits per heavy atom. The zero-order chi connectivity index (χ0) is 24.3. The van der Waals surface area contributed by atoms with E-state index in [9.17, 15) is 4.79 Å². The van der Waals surface area contributed by atoms with E-state index >= 15 is 0 Å². The molecule has 0 radical (unpaired) electrons. The average molecular weight is 490 g/mol. The summed E-state index contributed by atoms with van der Waals surface area (Å²) >= 11 is 1.67. The third kappa shape index (κ3) is 4.50. The standard InChI is InChI=1S/C31H27N3OS/c35-30(33-24-13-5-2-6-14-24)29-26-16-8-10-18-28(26)36-31(29)32-19-23-21-34(20-22-11-3-1-4-12-22)27-17-9-7-15-25(23)27/h1-7,9,11-15,17,19,21H,8,10,16,18,20H2,(H,33,35)/b32-19-. The Bertz CT molecular complexity index is 1550. The first-order valence-electron chi connectivity index (χ1n) is 12.4. The number of para-hydroxylation sites is 2. The van der Waals surface area contributed by atoms with Gasteiger partial charge in [0, 0.05) is 46.0 Å². The van der Waals surface area contributed by atoms with E-state index in [4.69, 9.17) is 4.99 Å². The summed E-state index contributed by atoms with van der Waals surface area (Å²) in [6, 6.07) is 28.6. The molecule has 0 bridgehead atoms. The number of carbonyl (C=O) groups excluding carboxylic acids is 1. The van der Waals surface area contributed by atoms with Crippen LogP contribution in [0.15, 0.2) is 96.1 Å². The number of anilines is 1. The van der Waals surface area contributed by atoms with Gasteiger partial charge in [-0.2, -0.15) is 0 Å². The molecule has 4 nitrogen and oxygen atoms in total. The quantitative estimate of drug-likeness (QED) is 0.245. The van der Waals surface area contributed by atoms with E-state index in [1.807, 2.05) is 42.6 Å². The first-order chi connectivity index (χ1) is 17.8. The van der Waals surface area contributed by atoms with Crippen molar-refractivity contribution in [3.05, 3.63) is 118 Å². The number of nitrogens with one attached hydrogen (secondary N) is 1. The maximum absolute atomic E-state index is 13.4. The number of aromatic nitrogens is 1. The maximum Gasteiger partial charge on any atom is 0.259 e. The smallest absolute Gasteiger partial charge is 0.259 e. The van der Waals surface area contributed by atoms with Gasteiger partial charge < -0.3 is 9.88 Å². The average Bonchev–Trinajstić information content (AvgIpc) is 3.47. The Labute approximate surface area is 214 Å². The van der Waals surface area contributed by atoms with Gasteiger partial charge in [-0.15, -0.1) is 11.3 Å². The van der Waals surface area contributed by atoms with Crippen molar-refractivity contribution in [2.45, 2.75) is 32.2 Å². The molecule has 178 valence electrons. The van der Waals surface area contributed by atoms with Crippen molar-refractivity contribution in [3.63, 3.8) is 0 Å². The van der Waals surface area contributed by atoms with Gasteiger partial charge in [0.2, 0.25) is 0 Å². The van der Waals surface area contributed by atoms with Crippen molar-refractivity contribution < 1.29 is 4.79 Å². The molecular weight excluding hydrogens is 462 g/mol. The number of rotatable bonds is 6. The van der Waals surface area contributed by atoms with Crippen LogP contribution in [0.2, 0.25) is 0 Å². The van der Waals surface area contributed by atoms with Crippen LogP contribution in [0.4, 0.5) is 10.7 Å². The lowest BCUT2D eigenvalue weighted by molar-refractivity contribution is 0.102. The van der Waals surface area contributed by atoms with Crippen molar-refractivity contribution in [2.75, 3.05) is 5.32 Å². The minimum atomic E-state index is -0.0701. The summed E-state index contributed by atoms with van der Waals surface area (Å²) in [5.41, 5.74) is 6.21. The second-order valence-electron chi connectivity index (χ2n) is 9.18. The van der Waals surface area contributed by atoms with Gasteiger partial charge in [-0.3, -0.25) is 4.79 Å². The first kappa shape index (κ1) is 22.5. The Morgan fingerprint density at radius 3 is 2.47 bits per heavy atom. The van der Waals surface area contributed by atoms with E-state index < -0.39 is 0 Å². The van der Waals surface area contributed by atoms with Crippen molar-refractivity contribution >= 4 is 45.0 Å². The predicted molar refractivity (Wildman–Crippen MR) is 150 cm³/mol. The minimum Gasteiger partial charge on any atom is -0.342 e. The van der Waals surface area contributed by atoms with Crippen molar-refractivity contribution in [1.29, 1.82) is 0 Å². The van der Waals surface area contributed by atoms with Gasteiger partial charge in [-0.1, -0.05) is 66.7 Å². The lowest BCUT2D eigenvalue weighted by Crippen LogP contribution is -2.14. The number of aliphatic imine (C=N–C) groups is 1. The molecule has 5 aromatic rings. The van der Waals surface area contributed by atoms with Crippen LogP contribution in [0.3, 0.4) is 0 Å². The lowest BCUT2D eigenvalue weighted by atomic mass is 9.95. The number of hydrogen-bond acceptors (Lipinski definition) is 3. The van der Waals surface area contributed by atoms with Crippen LogP contribution in [-0.4, -0.2) is 16.7 Å². The van der Waals surface area contributed by atoms with Crippen LogP contribution in [0, 0.1) is 0 Å². The molecule has 36 heavy (non-hydrogen) atoms. The molecule has 1 aliphatic rings. The van der Waals surface area contributed by atoms with Crippen LogP contribution in [0.5, 0.6) is 0 Å². The topological polar surface area (TPSA) is 46.4 Å². The molecule has 0 atom stereocenters. The van der Waals surface area contributed by atoms with Gasteiger partial charge in [0.15, 0.2) is 0 Å². The molecular formula is C31H27N3OS. The zero-order valence-corrected chi connectivity index (χ0v) is 20.8. The number of benzene rings is 3. The number of hydrogen-bond donors (Lipinski definition) is 1. The van der Waals surface area contributed by atoms with Crippen LogP contribution in [0.25, 0.3) is 10.9 Å². The van der Waals surface area contributed by atoms with Crippen molar-refractivity contribution in [2.24, 2.45) is 4.99 Å². The highest BCUT2D eigenvalue weighted by molar-refractivity contribution is 7.16. The van der Waals surface area contributed by atoms with Crippen molar-refractivity contribution in [1.82, 2.24) is 4.57 Å². The summed E-state index contributed by atoms with van der Waals surface area (Å²) in [5.74, 6) is -0.0701. The molecule has 3 aromatic carbocycles. The largest absolute Gasteiger partial charge is 0.342 e. The zero-order valence-electron chi connectivity index (χ0n) is 20.0. The predicted octanol–water partition coefficient (Wildman–Crippen LogP) is 7.63. The van der Waals surface area contributed by atoms with Gasteiger partial charge in [-0.05, 0) is 55.0 Å². The highest BCUT2D eigenvalue weighted by Crippen LogP contribution is 2.40. The molecule has 5 heteroatoms. The molecule has 2 heterocycles. The molecule has 0 spiro atoms. The summed E-state index contributed by atoms with van der Waals surface area (Å²) in [5, 5.41) is 5.05. The van der Waals surface area contributed by atoms with E-state index in [2.05, 4.69) is 64.6 Å². The number of nitrogens with zero attached hydrogens (tertiary/aromatic N) is 2. The number of carbonyl (C=O) groups is 1. The Hall–Kier alpha value is -3.96. The molecule has 6 rings (SSSR count). The molecule has 0 saturated heterocycles. The number of amides is 1. The van der Waals surface area contributed by atoms with Crippen LogP contribution in [-0.2, 0) is 19.4 Å². The third-order valence-electron chi connectivity index (χ3n) is 6.75. The fourth-order valence-electron chi connectivity index (χ4n) is 5.01. The monoisotopic (exact) mass is 489 g/mol. The molecule has 1 N–H and O–H groups in total. The number of aryl methyl sites for hydroxylation is 1. The molecule has 1 aliphatic carbocycles. The summed E-state index contributed by atoms with van der Waals surface area (Å²) in [7, 11) is 0. The number of fused-ring (bicyclic) bond motifs is 2. The molecule has 0 fully saturated rings. The lowest BCUT2D eigenvalue weighted by Gasteiger charge is -2.12. The molecule has 0 aliphatic heterocycles. The summed E-state index contributed by atoms with van der Waals surface area (Å²) < 4.78 is 2.27. The van der Waals surface area contributed by atoms with E-state index in [1.165, 1.54) is 27.9 Å². The SMILES string of the molecule is O=C(Nc1ccccc1)c1c(/N=C\c2cn(Cc3ccccc3)c3ccccc23)sc2c1CCCC2.